The molecule has 0 aliphatic heterocycles. The third-order valence-corrected chi connectivity index (χ3v) is 2.73. The topological polar surface area (TPSA) is 46.5 Å². The van der Waals surface area contributed by atoms with E-state index in [1.165, 1.54) is 6.92 Å². The van der Waals surface area contributed by atoms with E-state index in [9.17, 15) is 4.79 Å². The lowest BCUT2D eigenvalue weighted by Crippen LogP contribution is -2.19. The first kappa shape index (κ1) is 12.3. The summed E-state index contributed by atoms with van der Waals surface area (Å²) in [5.74, 6) is -1.01. The van der Waals surface area contributed by atoms with Crippen molar-refractivity contribution in [3.05, 3.63) is 33.8 Å². The number of carboxylic acid groups (broad SMARTS) is 1. The summed E-state index contributed by atoms with van der Waals surface area (Å²) in [6.45, 7) is 1.59. The summed E-state index contributed by atoms with van der Waals surface area (Å²) in [6, 6.07) is 5.13. The van der Waals surface area contributed by atoms with Crippen molar-refractivity contribution in [2.24, 2.45) is 0 Å². The second-order valence-electron chi connectivity index (χ2n) is 3.00. The number of rotatable bonds is 4. The van der Waals surface area contributed by atoms with Crippen molar-refractivity contribution >= 4 is 29.2 Å². The molecule has 0 heterocycles. The highest BCUT2D eigenvalue weighted by Crippen LogP contribution is 2.26. The molecule has 1 aromatic rings. The highest BCUT2D eigenvalue weighted by Gasteiger charge is 2.12. The molecule has 82 valence electrons. The minimum Gasteiger partial charge on any atom is -0.479 e. The first-order valence-corrected chi connectivity index (χ1v) is 5.05. The average molecular weight is 249 g/mol. The maximum absolute atomic E-state index is 10.5. The number of halogens is 2. The Labute approximate surface area is 97.6 Å². The van der Waals surface area contributed by atoms with E-state index >= 15 is 0 Å². The minimum atomic E-state index is -1.01. The van der Waals surface area contributed by atoms with Gasteiger partial charge in [-0.3, -0.25) is 0 Å². The van der Waals surface area contributed by atoms with Gasteiger partial charge in [-0.05, 0) is 18.6 Å². The van der Waals surface area contributed by atoms with Gasteiger partial charge < -0.3 is 9.84 Å². The van der Waals surface area contributed by atoms with Gasteiger partial charge in [0.05, 0.1) is 16.7 Å². The van der Waals surface area contributed by atoms with Gasteiger partial charge in [-0.25, -0.2) is 4.79 Å². The Kier molecular flexibility index (Phi) is 4.39. The van der Waals surface area contributed by atoms with Crippen LogP contribution in [0.3, 0.4) is 0 Å². The third-order valence-electron chi connectivity index (χ3n) is 1.87. The summed E-state index contributed by atoms with van der Waals surface area (Å²) in [4.78, 5) is 10.5. The second kappa shape index (κ2) is 5.35. The molecule has 0 spiro atoms. The molecule has 0 saturated heterocycles. The number of carboxylic acids is 1. The van der Waals surface area contributed by atoms with E-state index in [4.69, 9.17) is 33.0 Å². The quantitative estimate of drug-likeness (QED) is 0.892. The standard InChI is InChI=1S/C10H10Cl2O3/c1-6(10(13)14)15-5-7-3-2-4-8(11)9(7)12/h2-4,6H,5H2,1H3,(H,13,14). The highest BCUT2D eigenvalue weighted by molar-refractivity contribution is 6.42. The fraction of sp³-hybridized carbons (Fsp3) is 0.300. The van der Waals surface area contributed by atoms with Gasteiger partial charge >= 0.3 is 5.97 Å². The summed E-state index contributed by atoms with van der Waals surface area (Å²) in [5, 5.41) is 9.43. The van der Waals surface area contributed by atoms with E-state index in [0.29, 0.717) is 15.6 Å². The normalized spacial score (nSPS) is 12.5. The van der Waals surface area contributed by atoms with E-state index < -0.39 is 12.1 Å². The molecule has 3 nitrogen and oxygen atoms in total. The van der Waals surface area contributed by atoms with Crippen LogP contribution in [0.4, 0.5) is 0 Å². The number of aliphatic carboxylic acids is 1. The predicted octanol–water partition coefficient (Wildman–Crippen LogP) is 2.98. The highest BCUT2D eigenvalue weighted by atomic mass is 35.5. The molecule has 1 aromatic carbocycles. The number of ether oxygens (including phenoxy) is 1. The lowest BCUT2D eigenvalue weighted by atomic mass is 10.2. The number of benzene rings is 1. The van der Waals surface area contributed by atoms with Crippen molar-refractivity contribution in [2.45, 2.75) is 19.6 Å². The van der Waals surface area contributed by atoms with Crippen LogP contribution in [0.1, 0.15) is 12.5 Å². The molecule has 1 unspecified atom stereocenters. The number of hydrogen-bond donors (Lipinski definition) is 1. The first-order chi connectivity index (χ1) is 7.02. The molecule has 1 N–H and O–H groups in total. The maximum Gasteiger partial charge on any atom is 0.332 e. The van der Waals surface area contributed by atoms with Crippen molar-refractivity contribution in [3.8, 4) is 0 Å². The molecule has 5 heteroatoms. The van der Waals surface area contributed by atoms with Crippen LogP contribution < -0.4 is 0 Å². The van der Waals surface area contributed by atoms with Crippen LogP contribution in [0, 0.1) is 0 Å². The van der Waals surface area contributed by atoms with Gasteiger partial charge in [0.15, 0.2) is 6.10 Å². The Morgan fingerprint density at radius 2 is 2.20 bits per heavy atom. The lowest BCUT2D eigenvalue weighted by molar-refractivity contribution is -0.149. The molecule has 0 saturated carbocycles. The summed E-state index contributed by atoms with van der Waals surface area (Å²) >= 11 is 11.7. The SMILES string of the molecule is CC(OCc1cccc(Cl)c1Cl)C(=O)O. The van der Waals surface area contributed by atoms with Crippen molar-refractivity contribution in [1.29, 1.82) is 0 Å². The largest absolute Gasteiger partial charge is 0.479 e. The van der Waals surface area contributed by atoms with E-state index in [-0.39, 0.29) is 6.61 Å². The minimum absolute atomic E-state index is 0.132. The maximum atomic E-state index is 10.5. The van der Waals surface area contributed by atoms with Crippen molar-refractivity contribution in [3.63, 3.8) is 0 Å². The van der Waals surface area contributed by atoms with Gasteiger partial charge in [-0.15, -0.1) is 0 Å². The smallest absolute Gasteiger partial charge is 0.332 e. The Morgan fingerprint density at radius 1 is 1.53 bits per heavy atom. The van der Waals surface area contributed by atoms with Gasteiger partial charge in [0.25, 0.3) is 0 Å². The summed E-state index contributed by atoms with van der Waals surface area (Å²) in [7, 11) is 0. The fourth-order valence-electron chi connectivity index (χ4n) is 0.946. The molecular formula is C10H10Cl2O3. The Balaban J connectivity index is 2.66. The third kappa shape index (κ3) is 3.38. The molecule has 0 bridgehead atoms. The van der Waals surface area contributed by atoms with Crippen molar-refractivity contribution in [2.75, 3.05) is 0 Å². The first-order valence-electron chi connectivity index (χ1n) is 4.29. The zero-order valence-corrected chi connectivity index (χ0v) is 9.55. The number of hydrogen-bond acceptors (Lipinski definition) is 2. The van der Waals surface area contributed by atoms with Crippen LogP contribution in [0.5, 0.6) is 0 Å². The monoisotopic (exact) mass is 248 g/mol. The Morgan fingerprint density at radius 3 is 2.80 bits per heavy atom. The van der Waals surface area contributed by atoms with Crippen LogP contribution >= 0.6 is 23.2 Å². The summed E-state index contributed by atoms with van der Waals surface area (Å²) in [6.07, 6.45) is -0.861. The fourth-order valence-corrected chi connectivity index (χ4v) is 1.32. The molecule has 0 aliphatic carbocycles. The van der Waals surface area contributed by atoms with Gasteiger partial charge in [-0.1, -0.05) is 35.3 Å². The molecular weight excluding hydrogens is 239 g/mol. The molecule has 0 aliphatic rings. The van der Waals surface area contributed by atoms with Crippen LogP contribution in [0.25, 0.3) is 0 Å². The summed E-state index contributed by atoms with van der Waals surface area (Å²) < 4.78 is 5.08. The molecule has 15 heavy (non-hydrogen) atoms. The summed E-state index contributed by atoms with van der Waals surface area (Å²) in [5.41, 5.74) is 0.678. The van der Waals surface area contributed by atoms with E-state index in [0.717, 1.165) is 0 Å². The van der Waals surface area contributed by atoms with Crippen LogP contribution in [-0.4, -0.2) is 17.2 Å². The molecule has 0 amide bonds. The average Bonchev–Trinajstić information content (AvgIpc) is 2.19. The molecule has 1 rings (SSSR count). The molecule has 0 radical (unpaired) electrons. The van der Waals surface area contributed by atoms with E-state index in [2.05, 4.69) is 0 Å². The van der Waals surface area contributed by atoms with E-state index in [1.54, 1.807) is 18.2 Å². The second-order valence-corrected chi connectivity index (χ2v) is 3.79. The van der Waals surface area contributed by atoms with Gasteiger partial charge in [0.1, 0.15) is 0 Å². The Bertz CT molecular complexity index is 366. The van der Waals surface area contributed by atoms with Gasteiger partial charge in [-0.2, -0.15) is 0 Å². The number of carbonyl (C=O) groups is 1. The van der Waals surface area contributed by atoms with Gasteiger partial charge in [0, 0.05) is 0 Å². The van der Waals surface area contributed by atoms with Crippen LogP contribution in [0.2, 0.25) is 10.0 Å². The predicted molar refractivity (Wildman–Crippen MR) is 58.3 cm³/mol. The van der Waals surface area contributed by atoms with Crippen LogP contribution in [-0.2, 0) is 16.1 Å². The zero-order valence-electron chi connectivity index (χ0n) is 8.04. The molecule has 0 fully saturated rings. The molecule has 0 aromatic heterocycles. The van der Waals surface area contributed by atoms with E-state index in [1.807, 2.05) is 0 Å². The van der Waals surface area contributed by atoms with Crippen molar-refractivity contribution < 1.29 is 14.6 Å². The molecule has 1 atom stereocenters. The van der Waals surface area contributed by atoms with Crippen molar-refractivity contribution in [1.82, 2.24) is 0 Å². The zero-order chi connectivity index (χ0) is 11.4. The Hall–Kier alpha value is -0.770. The lowest BCUT2D eigenvalue weighted by Gasteiger charge is -2.09. The van der Waals surface area contributed by atoms with Crippen LogP contribution in [0.15, 0.2) is 18.2 Å². The van der Waals surface area contributed by atoms with Gasteiger partial charge in [0.2, 0.25) is 0 Å².